The summed E-state index contributed by atoms with van der Waals surface area (Å²) in [6.07, 6.45) is 4.61. The molecule has 1 heterocycles. The third-order valence-electron chi connectivity index (χ3n) is 2.11. The number of pyridine rings is 1. The van der Waals surface area contributed by atoms with Gasteiger partial charge in [-0.2, -0.15) is 0 Å². The van der Waals surface area contributed by atoms with E-state index in [2.05, 4.69) is 9.71 Å². The van der Waals surface area contributed by atoms with Crippen LogP contribution in [0.15, 0.2) is 24.5 Å². The molecule has 0 radical (unpaired) electrons. The van der Waals surface area contributed by atoms with E-state index in [0.717, 1.165) is 12.0 Å². The Bertz CT molecular complexity index is 392. The molecule has 0 aliphatic heterocycles. The maximum absolute atomic E-state index is 11.5. The minimum absolute atomic E-state index is 0.134. The lowest BCUT2D eigenvalue weighted by atomic mass is 10.3. The van der Waals surface area contributed by atoms with Gasteiger partial charge in [0.15, 0.2) is 0 Å². The second kappa shape index (κ2) is 6.57. The number of hydrogen-bond donors (Lipinski definition) is 2. The molecule has 1 aromatic rings. The van der Waals surface area contributed by atoms with Gasteiger partial charge in [0.1, 0.15) is 0 Å². The van der Waals surface area contributed by atoms with Gasteiger partial charge in [-0.25, -0.2) is 13.1 Å². The SMILES string of the molecule is NCCCCS(=O)(=O)NCc1ccncc1. The largest absolute Gasteiger partial charge is 0.330 e. The monoisotopic (exact) mass is 243 g/mol. The van der Waals surface area contributed by atoms with E-state index in [4.69, 9.17) is 5.73 Å². The van der Waals surface area contributed by atoms with Crippen molar-refractivity contribution in [1.82, 2.24) is 9.71 Å². The first-order chi connectivity index (χ1) is 7.64. The lowest BCUT2D eigenvalue weighted by Crippen LogP contribution is -2.26. The minimum Gasteiger partial charge on any atom is -0.330 e. The summed E-state index contributed by atoms with van der Waals surface area (Å²) in [6.45, 7) is 0.841. The van der Waals surface area contributed by atoms with Crippen molar-refractivity contribution in [3.8, 4) is 0 Å². The van der Waals surface area contributed by atoms with E-state index in [0.29, 0.717) is 19.5 Å². The fourth-order valence-electron chi connectivity index (χ4n) is 1.20. The molecule has 90 valence electrons. The quantitative estimate of drug-likeness (QED) is 0.672. The van der Waals surface area contributed by atoms with E-state index in [-0.39, 0.29) is 5.75 Å². The van der Waals surface area contributed by atoms with Crippen molar-refractivity contribution in [3.05, 3.63) is 30.1 Å². The summed E-state index contributed by atoms with van der Waals surface area (Å²) in [5, 5.41) is 0. The third-order valence-corrected chi connectivity index (χ3v) is 3.52. The Morgan fingerprint density at radius 2 is 1.94 bits per heavy atom. The van der Waals surface area contributed by atoms with Gasteiger partial charge in [-0.05, 0) is 37.1 Å². The summed E-state index contributed by atoms with van der Waals surface area (Å²) in [5.41, 5.74) is 6.20. The average Bonchev–Trinajstić information content (AvgIpc) is 2.28. The highest BCUT2D eigenvalue weighted by Gasteiger charge is 2.08. The number of sulfonamides is 1. The van der Waals surface area contributed by atoms with E-state index < -0.39 is 10.0 Å². The molecule has 0 saturated carbocycles. The van der Waals surface area contributed by atoms with Gasteiger partial charge in [-0.1, -0.05) is 0 Å². The molecule has 0 fully saturated rings. The van der Waals surface area contributed by atoms with Crippen LogP contribution in [0, 0.1) is 0 Å². The van der Waals surface area contributed by atoms with Crippen LogP contribution in [0.2, 0.25) is 0 Å². The predicted molar refractivity (Wildman–Crippen MR) is 63.2 cm³/mol. The first-order valence-corrected chi connectivity index (χ1v) is 6.85. The Kier molecular flexibility index (Phi) is 5.37. The van der Waals surface area contributed by atoms with Crippen molar-refractivity contribution in [1.29, 1.82) is 0 Å². The smallest absolute Gasteiger partial charge is 0.211 e. The maximum Gasteiger partial charge on any atom is 0.211 e. The highest BCUT2D eigenvalue weighted by molar-refractivity contribution is 7.89. The second-order valence-corrected chi connectivity index (χ2v) is 5.42. The summed E-state index contributed by atoms with van der Waals surface area (Å²) < 4.78 is 25.6. The summed E-state index contributed by atoms with van der Waals surface area (Å²) in [7, 11) is -3.18. The molecule has 16 heavy (non-hydrogen) atoms. The topological polar surface area (TPSA) is 85.1 Å². The molecule has 0 saturated heterocycles. The molecule has 5 nitrogen and oxygen atoms in total. The number of nitrogens with one attached hydrogen (secondary N) is 1. The van der Waals surface area contributed by atoms with Crippen molar-refractivity contribution in [2.45, 2.75) is 19.4 Å². The zero-order valence-electron chi connectivity index (χ0n) is 9.09. The normalized spacial score (nSPS) is 11.6. The zero-order valence-corrected chi connectivity index (χ0v) is 9.91. The van der Waals surface area contributed by atoms with Crippen LogP contribution in [0.25, 0.3) is 0 Å². The molecule has 0 unspecified atom stereocenters. The predicted octanol–water partition coefficient (Wildman–Crippen LogP) is 0.240. The molecular formula is C10H17N3O2S. The highest BCUT2D eigenvalue weighted by Crippen LogP contribution is 1.98. The summed E-state index contributed by atoms with van der Waals surface area (Å²) >= 11 is 0. The standard InChI is InChI=1S/C10H17N3O2S/c11-5-1-2-8-16(14,15)13-9-10-3-6-12-7-4-10/h3-4,6-7,13H,1-2,5,8-9,11H2. The molecule has 0 bridgehead atoms. The lowest BCUT2D eigenvalue weighted by Gasteiger charge is -2.05. The van der Waals surface area contributed by atoms with Crippen LogP contribution in [0.1, 0.15) is 18.4 Å². The van der Waals surface area contributed by atoms with Gasteiger partial charge in [-0.15, -0.1) is 0 Å². The number of nitrogens with two attached hydrogens (primary N) is 1. The fraction of sp³-hybridized carbons (Fsp3) is 0.500. The van der Waals surface area contributed by atoms with Gasteiger partial charge in [0.25, 0.3) is 0 Å². The Hall–Kier alpha value is -0.980. The maximum atomic E-state index is 11.5. The number of aromatic nitrogens is 1. The molecule has 0 aliphatic rings. The van der Waals surface area contributed by atoms with E-state index in [9.17, 15) is 8.42 Å². The van der Waals surface area contributed by atoms with Gasteiger partial charge in [0.2, 0.25) is 10.0 Å². The van der Waals surface area contributed by atoms with Crippen molar-refractivity contribution >= 4 is 10.0 Å². The van der Waals surface area contributed by atoms with Gasteiger partial charge in [0.05, 0.1) is 5.75 Å². The molecule has 3 N–H and O–H groups in total. The van der Waals surface area contributed by atoms with E-state index >= 15 is 0 Å². The van der Waals surface area contributed by atoms with Crippen molar-refractivity contribution < 1.29 is 8.42 Å². The van der Waals surface area contributed by atoms with Crippen LogP contribution in [-0.2, 0) is 16.6 Å². The number of rotatable bonds is 7. The molecular weight excluding hydrogens is 226 g/mol. The van der Waals surface area contributed by atoms with Crippen LogP contribution in [0.3, 0.4) is 0 Å². The van der Waals surface area contributed by atoms with Crippen LogP contribution < -0.4 is 10.5 Å². The molecule has 1 rings (SSSR count). The Morgan fingerprint density at radius 1 is 1.25 bits per heavy atom. The van der Waals surface area contributed by atoms with E-state index in [1.54, 1.807) is 24.5 Å². The number of unbranched alkanes of at least 4 members (excludes halogenated alkanes) is 1. The molecule has 6 heteroatoms. The Balaban J connectivity index is 2.36. The van der Waals surface area contributed by atoms with Gasteiger partial charge < -0.3 is 5.73 Å². The molecule has 1 aromatic heterocycles. The van der Waals surface area contributed by atoms with Crippen molar-refractivity contribution in [2.75, 3.05) is 12.3 Å². The van der Waals surface area contributed by atoms with Gasteiger partial charge in [-0.3, -0.25) is 4.98 Å². The molecule has 0 aromatic carbocycles. The van der Waals surface area contributed by atoms with Crippen LogP contribution in [0.5, 0.6) is 0 Å². The molecule has 0 amide bonds. The van der Waals surface area contributed by atoms with Gasteiger partial charge >= 0.3 is 0 Å². The summed E-state index contributed by atoms with van der Waals surface area (Å²) in [5.74, 6) is 0.134. The lowest BCUT2D eigenvalue weighted by molar-refractivity contribution is 0.577. The fourth-order valence-corrected chi connectivity index (χ4v) is 2.32. The Labute approximate surface area is 96.1 Å². The minimum atomic E-state index is -3.18. The number of nitrogens with zero attached hydrogens (tertiary/aromatic N) is 1. The first-order valence-electron chi connectivity index (χ1n) is 5.20. The van der Waals surface area contributed by atoms with Gasteiger partial charge in [0, 0.05) is 18.9 Å². The van der Waals surface area contributed by atoms with E-state index in [1.165, 1.54) is 0 Å². The third kappa shape index (κ3) is 5.20. The molecule has 0 aliphatic carbocycles. The summed E-state index contributed by atoms with van der Waals surface area (Å²) in [4.78, 5) is 3.86. The van der Waals surface area contributed by atoms with Crippen LogP contribution in [0.4, 0.5) is 0 Å². The average molecular weight is 243 g/mol. The zero-order chi connectivity index (χ0) is 11.9. The second-order valence-electron chi connectivity index (χ2n) is 3.49. The van der Waals surface area contributed by atoms with Crippen molar-refractivity contribution in [3.63, 3.8) is 0 Å². The van der Waals surface area contributed by atoms with Crippen LogP contribution in [-0.4, -0.2) is 25.7 Å². The number of hydrogen-bond acceptors (Lipinski definition) is 4. The highest BCUT2D eigenvalue weighted by atomic mass is 32.2. The van der Waals surface area contributed by atoms with Crippen LogP contribution >= 0.6 is 0 Å². The Morgan fingerprint density at radius 3 is 2.56 bits per heavy atom. The van der Waals surface area contributed by atoms with Crippen molar-refractivity contribution in [2.24, 2.45) is 5.73 Å². The molecule has 0 spiro atoms. The molecule has 0 atom stereocenters. The summed E-state index contributed by atoms with van der Waals surface area (Å²) in [6, 6.07) is 3.56. The van der Waals surface area contributed by atoms with E-state index in [1.807, 2.05) is 0 Å². The first kappa shape index (κ1) is 13.1.